The van der Waals surface area contributed by atoms with E-state index in [0.717, 1.165) is 5.56 Å². The normalized spacial score (nSPS) is 18.4. The fourth-order valence-corrected chi connectivity index (χ4v) is 2.76. The Morgan fingerprint density at radius 3 is 2.63 bits per heavy atom. The van der Waals surface area contributed by atoms with Crippen molar-refractivity contribution in [3.05, 3.63) is 35.9 Å². The molecule has 9 heteroatoms. The second-order valence-corrected chi connectivity index (χ2v) is 6.77. The summed E-state index contributed by atoms with van der Waals surface area (Å²) in [5, 5.41) is 6.12. The molecular formula is C18H26F3N5O. The van der Waals surface area contributed by atoms with Crippen LogP contribution in [0, 0.1) is 0 Å². The number of alkyl halides is 3. The zero-order valence-electron chi connectivity index (χ0n) is 15.6. The first-order chi connectivity index (χ1) is 12.7. The number of aliphatic imine (C=N–C) groups is 1. The summed E-state index contributed by atoms with van der Waals surface area (Å²) in [6, 6.07) is 9.46. The van der Waals surface area contributed by atoms with Crippen LogP contribution in [0.15, 0.2) is 35.3 Å². The van der Waals surface area contributed by atoms with Gasteiger partial charge < -0.3 is 15.5 Å². The van der Waals surface area contributed by atoms with Crippen LogP contribution in [0.4, 0.5) is 13.2 Å². The van der Waals surface area contributed by atoms with Gasteiger partial charge in [-0.1, -0.05) is 30.3 Å². The van der Waals surface area contributed by atoms with Crippen molar-refractivity contribution >= 4 is 11.9 Å². The average Bonchev–Trinajstić information content (AvgIpc) is 3.02. The van der Waals surface area contributed by atoms with Crippen LogP contribution >= 0.6 is 0 Å². The molecule has 1 aromatic carbocycles. The summed E-state index contributed by atoms with van der Waals surface area (Å²) in [6.45, 7) is 0.221. The number of likely N-dealkylation sites (N-methyl/N-ethyl adjacent to an activating group) is 1. The second kappa shape index (κ2) is 9.59. The molecule has 0 spiro atoms. The summed E-state index contributed by atoms with van der Waals surface area (Å²) >= 11 is 0. The number of hydrogen-bond donors (Lipinski definition) is 2. The number of amides is 1. The van der Waals surface area contributed by atoms with Crippen molar-refractivity contribution in [1.29, 1.82) is 0 Å². The first kappa shape index (κ1) is 21.0. The van der Waals surface area contributed by atoms with Crippen molar-refractivity contribution in [2.45, 2.75) is 25.2 Å². The van der Waals surface area contributed by atoms with Crippen molar-refractivity contribution < 1.29 is 18.0 Å². The third-order valence-corrected chi connectivity index (χ3v) is 4.18. The van der Waals surface area contributed by atoms with Crippen LogP contribution in [0.25, 0.3) is 0 Å². The Balaban J connectivity index is 1.96. The number of likely N-dealkylation sites (tertiary alicyclic amines) is 1. The largest absolute Gasteiger partial charge is 0.401 e. The van der Waals surface area contributed by atoms with Gasteiger partial charge >= 0.3 is 6.18 Å². The number of carbonyl (C=O) groups excluding carboxylic acids is 1. The highest BCUT2D eigenvalue weighted by Gasteiger charge is 2.34. The molecule has 0 aromatic heterocycles. The maximum Gasteiger partial charge on any atom is 0.401 e. The first-order valence-electron chi connectivity index (χ1n) is 8.81. The van der Waals surface area contributed by atoms with Crippen molar-refractivity contribution in [2.75, 3.05) is 40.3 Å². The lowest BCUT2D eigenvalue weighted by Crippen LogP contribution is -2.47. The molecule has 0 aliphatic carbocycles. The summed E-state index contributed by atoms with van der Waals surface area (Å²) in [5.74, 6) is 0.308. The van der Waals surface area contributed by atoms with Crippen molar-refractivity contribution in [2.24, 2.45) is 4.99 Å². The van der Waals surface area contributed by atoms with Crippen LogP contribution in [0.1, 0.15) is 12.0 Å². The maximum atomic E-state index is 12.6. The number of nitrogens with zero attached hydrogens (tertiary/aromatic N) is 3. The van der Waals surface area contributed by atoms with Crippen LogP contribution in [0.5, 0.6) is 0 Å². The standard InChI is InChI=1S/C18H26F3N5O/c1-25(2)16(27)11-23-17(22-10-14-6-4-3-5-7-14)24-15-8-9-26(12-15)13-18(19,20)21/h3-7,15H,8-13H2,1-2H3,(H2,22,23,24). The number of hydrogen-bond acceptors (Lipinski definition) is 3. The molecule has 1 atom stereocenters. The topological polar surface area (TPSA) is 60.0 Å². The highest BCUT2D eigenvalue weighted by Crippen LogP contribution is 2.19. The lowest BCUT2D eigenvalue weighted by molar-refractivity contribution is -0.143. The van der Waals surface area contributed by atoms with Gasteiger partial charge in [-0.2, -0.15) is 13.2 Å². The van der Waals surface area contributed by atoms with E-state index in [2.05, 4.69) is 15.6 Å². The Morgan fingerprint density at radius 2 is 2.00 bits per heavy atom. The van der Waals surface area contributed by atoms with E-state index >= 15 is 0 Å². The second-order valence-electron chi connectivity index (χ2n) is 6.77. The van der Waals surface area contributed by atoms with Gasteiger partial charge in [0.05, 0.1) is 19.6 Å². The van der Waals surface area contributed by atoms with E-state index in [1.54, 1.807) is 14.1 Å². The molecule has 2 rings (SSSR count). The molecule has 0 radical (unpaired) electrons. The number of guanidine groups is 1. The minimum Gasteiger partial charge on any atom is -0.352 e. The fraction of sp³-hybridized carbons (Fsp3) is 0.556. The van der Waals surface area contributed by atoms with Gasteiger partial charge in [0, 0.05) is 33.2 Å². The Hall–Kier alpha value is -2.29. The molecule has 0 bridgehead atoms. The Labute approximate surface area is 157 Å². The molecule has 27 heavy (non-hydrogen) atoms. The lowest BCUT2D eigenvalue weighted by atomic mass is 10.2. The molecular weight excluding hydrogens is 359 g/mol. The Morgan fingerprint density at radius 1 is 1.30 bits per heavy atom. The minimum absolute atomic E-state index is 0.0621. The van der Waals surface area contributed by atoms with E-state index in [1.165, 1.54) is 9.80 Å². The number of nitrogens with one attached hydrogen (secondary N) is 2. The molecule has 1 aliphatic rings. The van der Waals surface area contributed by atoms with E-state index in [0.29, 0.717) is 25.5 Å². The van der Waals surface area contributed by atoms with Crippen LogP contribution in [-0.2, 0) is 11.3 Å². The molecule has 1 aromatic rings. The van der Waals surface area contributed by atoms with Crippen LogP contribution in [0.3, 0.4) is 0 Å². The van der Waals surface area contributed by atoms with Gasteiger partial charge in [-0.05, 0) is 12.0 Å². The molecule has 150 valence electrons. The van der Waals surface area contributed by atoms with Gasteiger partial charge in [0.15, 0.2) is 5.96 Å². The van der Waals surface area contributed by atoms with Gasteiger partial charge in [-0.25, -0.2) is 4.99 Å². The molecule has 0 saturated carbocycles. The fourth-order valence-electron chi connectivity index (χ4n) is 2.76. The molecule has 1 aliphatic heterocycles. The van der Waals surface area contributed by atoms with Gasteiger partial charge in [-0.3, -0.25) is 9.69 Å². The van der Waals surface area contributed by atoms with E-state index < -0.39 is 12.7 Å². The Bertz CT molecular complexity index is 634. The molecule has 1 heterocycles. The van der Waals surface area contributed by atoms with E-state index in [9.17, 15) is 18.0 Å². The third kappa shape index (κ3) is 7.86. The van der Waals surface area contributed by atoms with Crippen molar-refractivity contribution in [3.63, 3.8) is 0 Å². The van der Waals surface area contributed by atoms with Crippen molar-refractivity contribution in [3.8, 4) is 0 Å². The minimum atomic E-state index is -4.20. The third-order valence-electron chi connectivity index (χ3n) is 4.18. The number of carbonyl (C=O) groups is 1. The summed E-state index contributed by atoms with van der Waals surface area (Å²) in [4.78, 5) is 19.1. The highest BCUT2D eigenvalue weighted by molar-refractivity contribution is 5.86. The van der Waals surface area contributed by atoms with Crippen LogP contribution < -0.4 is 10.6 Å². The van der Waals surface area contributed by atoms with E-state index in [-0.39, 0.29) is 25.0 Å². The number of rotatable bonds is 6. The number of benzene rings is 1. The predicted molar refractivity (Wildman–Crippen MR) is 98.3 cm³/mol. The molecule has 1 amide bonds. The predicted octanol–water partition coefficient (Wildman–Crippen LogP) is 1.45. The number of halogens is 3. The van der Waals surface area contributed by atoms with Crippen LogP contribution in [-0.4, -0.2) is 74.2 Å². The van der Waals surface area contributed by atoms with Gasteiger partial charge in [0.2, 0.25) is 5.91 Å². The van der Waals surface area contributed by atoms with Crippen LogP contribution in [0.2, 0.25) is 0 Å². The first-order valence-corrected chi connectivity index (χ1v) is 8.81. The maximum absolute atomic E-state index is 12.6. The van der Waals surface area contributed by atoms with E-state index in [4.69, 9.17) is 0 Å². The molecule has 2 N–H and O–H groups in total. The zero-order valence-corrected chi connectivity index (χ0v) is 15.6. The highest BCUT2D eigenvalue weighted by atomic mass is 19.4. The lowest BCUT2D eigenvalue weighted by Gasteiger charge is -2.20. The van der Waals surface area contributed by atoms with E-state index in [1.807, 2.05) is 30.3 Å². The monoisotopic (exact) mass is 385 g/mol. The smallest absolute Gasteiger partial charge is 0.352 e. The SMILES string of the molecule is CN(C)C(=O)CNC(=NCc1ccccc1)NC1CCN(CC(F)(F)F)C1. The quantitative estimate of drug-likeness (QED) is 0.575. The summed E-state index contributed by atoms with van der Waals surface area (Å²) in [6.07, 6.45) is -3.61. The average molecular weight is 385 g/mol. The zero-order chi connectivity index (χ0) is 19.9. The van der Waals surface area contributed by atoms with Gasteiger partial charge in [-0.15, -0.1) is 0 Å². The van der Waals surface area contributed by atoms with Gasteiger partial charge in [0.1, 0.15) is 0 Å². The van der Waals surface area contributed by atoms with Crippen molar-refractivity contribution in [1.82, 2.24) is 20.4 Å². The molecule has 1 unspecified atom stereocenters. The Kier molecular flexibility index (Phi) is 7.46. The summed E-state index contributed by atoms with van der Waals surface area (Å²) < 4.78 is 37.7. The molecule has 6 nitrogen and oxygen atoms in total. The molecule has 1 fully saturated rings. The molecule has 1 saturated heterocycles. The summed E-state index contributed by atoms with van der Waals surface area (Å²) in [5.41, 5.74) is 1.00. The summed E-state index contributed by atoms with van der Waals surface area (Å²) in [7, 11) is 3.31. The van der Waals surface area contributed by atoms with Gasteiger partial charge in [0.25, 0.3) is 0 Å².